The summed E-state index contributed by atoms with van der Waals surface area (Å²) in [6, 6.07) is 6.74. The standard InChI is InChI=1S/C21H29N5O3S/c1-4-7-23-21(27)18-13-17(14-24-20(18)26-10-8-22-9-11-26)25-30(28,29)19-6-5-15(2)12-16(19)3/h5-6,12-14,22,25H,4,7-11H2,1-3H3,(H,23,27). The summed E-state index contributed by atoms with van der Waals surface area (Å²) in [6.07, 6.45) is 2.27. The number of aromatic nitrogens is 1. The molecule has 8 nitrogen and oxygen atoms in total. The maximum atomic E-state index is 12.9. The van der Waals surface area contributed by atoms with Gasteiger partial charge in [0.2, 0.25) is 0 Å². The Bertz CT molecular complexity index is 1020. The highest BCUT2D eigenvalue weighted by Gasteiger charge is 2.23. The lowest BCUT2D eigenvalue weighted by molar-refractivity contribution is 0.0953. The predicted molar refractivity (Wildman–Crippen MR) is 119 cm³/mol. The molecule has 162 valence electrons. The van der Waals surface area contributed by atoms with Crippen LogP contribution < -0.4 is 20.3 Å². The van der Waals surface area contributed by atoms with Crippen molar-refractivity contribution in [3.63, 3.8) is 0 Å². The second kappa shape index (κ2) is 9.44. The van der Waals surface area contributed by atoms with E-state index < -0.39 is 10.0 Å². The molecule has 2 heterocycles. The minimum atomic E-state index is -3.80. The van der Waals surface area contributed by atoms with Crippen LogP contribution >= 0.6 is 0 Å². The Morgan fingerprint density at radius 1 is 1.20 bits per heavy atom. The van der Waals surface area contributed by atoms with Gasteiger partial charge in [0.15, 0.2) is 0 Å². The number of nitrogens with zero attached hydrogens (tertiary/aromatic N) is 2. The fraction of sp³-hybridized carbons (Fsp3) is 0.429. The first-order valence-corrected chi connectivity index (χ1v) is 11.6. The van der Waals surface area contributed by atoms with Crippen molar-refractivity contribution in [3.05, 3.63) is 47.2 Å². The van der Waals surface area contributed by atoms with Gasteiger partial charge in [0, 0.05) is 32.7 Å². The van der Waals surface area contributed by atoms with Crippen LogP contribution in [0.4, 0.5) is 11.5 Å². The van der Waals surface area contributed by atoms with Crippen molar-refractivity contribution < 1.29 is 13.2 Å². The first-order chi connectivity index (χ1) is 14.3. The maximum absolute atomic E-state index is 12.9. The van der Waals surface area contributed by atoms with Crippen molar-refractivity contribution in [3.8, 4) is 0 Å². The number of rotatable bonds is 7. The lowest BCUT2D eigenvalue weighted by Gasteiger charge is -2.30. The Labute approximate surface area is 178 Å². The zero-order valence-corrected chi connectivity index (χ0v) is 18.5. The van der Waals surface area contributed by atoms with Crippen molar-refractivity contribution in [2.45, 2.75) is 32.1 Å². The number of aryl methyl sites for hydroxylation is 2. The number of sulfonamides is 1. The Morgan fingerprint density at radius 2 is 1.93 bits per heavy atom. The van der Waals surface area contributed by atoms with Crippen LogP contribution in [0.1, 0.15) is 34.8 Å². The van der Waals surface area contributed by atoms with Crippen LogP contribution in [0.15, 0.2) is 35.4 Å². The van der Waals surface area contributed by atoms with Crippen LogP contribution in [-0.2, 0) is 10.0 Å². The summed E-state index contributed by atoms with van der Waals surface area (Å²) in [5, 5.41) is 6.14. The minimum Gasteiger partial charge on any atom is -0.353 e. The second-order valence-corrected chi connectivity index (χ2v) is 9.11. The topological polar surface area (TPSA) is 103 Å². The molecule has 1 aromatic carbocycles. The highest BCUT2D eigenvalue weighted by molar-refractivity contribution is 7.92. The lowest BCUT2D eigenvalue weighted by Crippen LogP contribution is -2.44. The van der Waals surface area contributed by atoms with Gasteiger partial charge in [0.05, 0.1) is 22.3 Å². The van der Waals surface area contributed by atoms with Crippen LogP contribution in [0.3, 0.4) is 0 Å². The van der Waals surface area contributed by atoms with Crippen molar-refractivity contribution in [1.29, 1.82) is 0 Å². The van der Waals surface area contributed by atoms with Gasteiger partial charge in [-0.1, -0.05) is 24.6 Å². The lowest BCUT2D eigenvalue weighted by atomic mass is 10.2. The van der Waals surface area contributed by atoms with Gasteiger partial charge >= 0.3 is 0 Å². The van der Waals surface area contributed by atoms with Gasteiger partial charge < -0.3 is 15.5 Å². The number of carbonyl (C=O) groups is 1. The highest BCUT2D eigenvalue weighted by Crippen LogP contribution is 2.25. The summed E-state index contributed by atoms with van der Waals surface area (Å²) in [5.41, 5.74) is 2.28. The van der Waals surface area contributed by atoms with E-state index >= 15 is 0 Å². The maximum Gasteiger partial charge on any atom is 0.262 e. The zero-order chi connectivity index (χ0) is 21.7. The number of nitrogens with one attached hydrogen (secondary N) is 3. The van der Waals surface area contributed by atoms with Crippen molar-refractivity contribution in [2.75, 3.05) is 42.3 Å². The van der Waals surface area contributed by atoms with Crippen molar-refractivity contribution >= 4 is 27.4 Å². The van der Waals surface area contributed by atoms with Gasteiger partial charge in [-0.05, 0) is 38.0 Å². The second-order valence-electron chi connectivity index (χ2n) is 7.46. The molecule has 9 heteroatoms. The molecule has 1 aromatic heterocycles. The quantitative estimate of drug-likeness (QED) is 0.620. The van der Waals surface area contributed by atoms with Crippen LogP contribution in [0.2, 0.25) is 0 Å². The fourth-order valence-electron chi connectivity index (χ4n) is 3.45. The molecule has 1 fully saturated rings. The fourth-order valence-corrected chi connectivity index (χ4v) is 4.72. The van der Waals surface area contributed by atoms with Gasteiger partial charge in [-0.2, -0.15) is 0 Å². The van der Waals surface area contributed by atoms with Gasteiger partial charge in [-0.3, -0.25) is 9.52 Å². The SMILES string of the molecule is CCCNC(=O)c1cc(NS(=O)(=O)c2ccc(C)cc2C)cnc1N1CCNCC1. The molecule has 1 aliphatic rings. The third kappa shape index (κ3) is 5.09. The van der Waals surface area contributed by atoms with Gasteiger partial charge in [-0.25, -0.2) is 13.4 Å². The third-order valence-corrected chi connectivity index (χ3v) is 6.48. The van der Waals surface area contributed by atoms with Gasteiger partial charge in [-0.15, -0.1) is 0 Å². The first kappa shape index (κ1) is 22.0. The molecule has 3 rings (SSSR count). The molecule has 30 heavy (non-hydrogen) atoms. The van der Waals surface area contributed by atoms with Crippen LogP contribution in [0.5, 0.6) is 0 Å². The Hall–Kier alpha value is -2.65. The molecule has 2 aromatic rings. The largest absolute Gasteiger partial charge is 0.353 e. The zero-order valence-electron chi connectivity index (χ0n) is 17.7. The summed E-state index contributed by atoms with van der Waals surface area (Å²) < 4.78 is 28.4. The number of amides is 1. The Morgan fingerprint density at radius 3 is 2.60 bits per heavy atom. The van der Waals surface area contributed by atoms with E-state index in [9.17, 15) is 13.2 Å². The van der Waals surface area contributed by atoms with E-state index in [-0.39, 0.29) is 16.5 Å². The molecule has 1 saturated heterocycles. The molecule has 0 spiro atoms. The molecular weight excluding hydrogens is 402 g/mol. The predicted octanol–water partition coefficient (Wildman–Crippen LogP) is 2.05. The van der Waals surface area contributed by atoms with E-state index in [1.165, 1.54) is 6.20 Å². The van der Waals surface area contributed by atoms with E-state index in [1.807, 2.05) is 24.8 Å². The number of piperazine rings is 1. The highest BCUT2D eigenvalue weighted by atomic mass is 32.2. The van der Waals surface area contributed by atoms with E-state index in [2.05, 4.69) is 20.3 Å². The summed E-state index contributed by atoms with van der Waals surface area (Å²) in [6.45, 7) is 9.26. The third-order valence-electron chi connectivity index (χ3n) is 4.94. The number of anilines is 2. The molecule has 1 aliphatic heterocycles. The van der Waals surface area contributed by atoms with E-state index in [4.69, 9.17) is 0 Å². The normalized spacial score (nSPS) is 14.4. The average Bonchev–Trinajstić information content (AvgIpc) is 2.72. The first-order valence-electron chi connectivity index (χ1n) is 10.2. The number of carbonyl (C=O) groups excluding carboxylic acids is 1. The van der Waals surface area contributed by atoms with Crippen molar-refractivity contribution in [1.82, 2.24) is 15.6 Å². The molecule has 0 aliphatic carbocycles. The van der Waals surface area contributed by atoms with Crippen LogP contribution in [0, 0.1) is 13.8 Å². The molecule has 0 unspecified atom stereocenters. The summed E-state index contributed by atoms with van der Waals surface area (Å²) in [4.78, 5) is 19.5. The average molecular weight is 432 g/mol. The smallest absolute Gasteiger partial charge is 0.262 e. The minimum absolute atomic E-state index is 0.205. The molecule has 3 N–H and O–H groups in total. The Kier molecular flexibility index (Phi) is 6.94. The molecule has 0 saturated carbocycles. The van der Waals surface area contributed by atoms with Gasteiger partial charge in [0.25, 0.3) is 15.9 Å². The molecule has 0 radical (unpaired) electrons. The van der Waals surface area contributed by atoms with Crippen molar-refractivity contribution in [2.24, 2.45) is 0 Å². The summed E-state index contributed by atoms with van der Waals surface area (Å²) >= 11 is 0. The number of benzene rings is 1. The monoisotopic (exact) mass is 431 g/mol. The molecule has 0 atom stereocenters. The summed E-state index contributed by atoms with van der Waals surface area (Å²) in [5.74, 6) is 0.310. The van der Waals surface area contributed by atoms with E-state index in [0.29, 0.717) is 23.5 Å². The molecular formula is C21H29N5O3S. The van der Waals surface area contributed by atoms with Crippen LogP contribution in [-0.4, -0.2) is 52.0 Å². The number of pyridine rings is 1. The van der Waals surface area contributed by atoms with Crippen LogP contribution in [0.25, 0.3) is 0 Å². The van der Waals surface area contributed by atoms with E-state index in [1.54, 1.807) is 25.1 Å². The molecule has 1 amide bonds. The Balaban J connectivity index is 1.94. The summed E-state index contributed by atoms with van der Waals surface area (Å²) in [7, 11) is -3.80. The number of hydrogen-bond donors (Lipinski definition) is 3. The number of hydrogen-bond acceptors (Lipinski definition) is 6. The van der Waals surface area contributed by atoms with Gasteiger partial charge in [0.1, 0.15) is 5.82 Å². The van der Waals surface area contributed by atoms with E-state index in [0.717, 1.165) is 38.2 Å². The molecule has 0 bridgehead atoms.